The van der Waals surface area contributed by atoms with Crippen molar-refractivity contribution in [1.29, 1.82) is 0 Å². The summed E-state index contributed by atoms with van der Waals surface area (Å²) < 4.78 is 32.0. The van der Waals surface area contributed by atoms with Gasteiger partial charge < -0.3 is 10.5 Å². The van der Waals surface area contributed by atoms with Crippen LogP contribution in [0.25, 0.3) is 0 Å². The van der Waals surface area contributed by atoms with Gasteiger partial charge in [-0.2, -0.15) is 0 Å². The van der Waals surface area contributed by atoms with E-state index in [1.54, 1.807) is 18.5 Å². The zero-order chi connectivity index (χ0) is 14.7. The Bertz CT molecular complexity index is 582. The van der Waals surface area contributed by atoms with Crippen LogP contribution < -0.4 is 10.5 Å². The predicted octanol–water partition coefficient (Wildman–Crippen LogP) is 3.20. The lowest BCUT2D eigenvalue weighted by atomic mass is 10.0. The Morgan fingerprint density at radius 1 is 1.00 bits per heavy atom. The molecule has 2 N–H and O–H groups in total. The van der Waals surface area contributed by atoms with Crippen LogP contribution in [0, 0.1) is 11.6 Å². The highest BCUT2D eigenvalue weighted by atomic mass is 19.1. The second-order valence-corrected chi connectivity index (χ2v) is 4.80. The number of nitrogens with two attached hydrogens (primary N) is 1. The van der Waals surface area contributed by atoms with Crippen LogP contribution in [0.5, 0.6) is 5.75 Å². The van der Waals surface area contributed by atoms with Crippen molar-refractivity contribution in [3.63, 3.8) is 0 Å². The van der Waals surface area contributed by atoms with Gasteiger partial charge in [0.05, 0.1) is 18.3 Å². The standard InChI is InChI=1S/C15H16F2N2O/c1-9(2)20-14-5-11(7-19-8-14)15(18)10-3-12(16)6-13(17)4-10/h3-9,15H,18H2,1-2H3. The van der Waals surface area contributed by atoms with Crippen molar-refractivity contribution in [2.75, 3.05) is 0 Å². The summed E-state index contributed by atoms with van der Waals surface area (Å²) in [6.45, 7) is 3.79. The lowest BCUT2D eigenvalue weighted by Crippen LogP contribution is -2.13. The first kappa shape index (κ1) is 14.4. The van der Waals surface area contributed by atoms with E-state index in [2.05, 4.69) is 4.98 Å². The number of ether oxygens (including phenoxy) is 1. The Morgan fingerprint density at radius 2 is 1.65 bits per heavy atom. The van der Waals surface area contributed by atoms with Gasteiger partial charge in [0.25, 0.3) is 0 Å². The van der Waals surface area contributed by atoms with Crippen LogP contribution in [0.3, 0.4) is 0 Å². The minimum atomic E-state index is -0.664. The molecule has 2 rings (SSSR count). The number of benzene rings is 1. The largest absolute Gasteiger partial charge is 0.489 e. The Morgan fingerprint density at radius 3 is 2.25 bits per heavy atom. The zero-order valence-corrected chi connectivity index (χ0v) is 11.3. The van der Waals surface area contributed by atoms with E-state index in [1.165, 1.54) is 12.1 Å². The van der Waals surface area contributed by atoms with Crippen LogP contribution in [0.4, 0.5) is 8.78 Å². The van der Waals surface area contributed by atoms with Crippen LogP contribution in [0.1, 0.15) is 31.0 Å². The molecule has 0 radical (unpaired) electrons. The third-order valence-electron chi connectivity index (χ3n) is 2.71. The number of halogens is 2. The van der Waals surface area contributed by atoms with Gasteiger partial charge in [0, 0.05) is 12.3 Å². The molecule has 20 heavy (non-hydrogen) atoms. The van der Waals surface area contributed by atoms with Crippen molar-refractivity contribution in [2.24, 2.45) is 5.73 Å². The maximum Gasteiger partial charge on any atom is 0.138 e. The number of nitrogens with zero attached hydrogens (tertiary/aromatic N) is 1. The molecular weight excluding hydrogens is 262 g/mol. The van der Waals surface area contributed by atoms with Crippen molar-refractivity contribution >= 4 is 0 Å². The number of pyridine rings is 1. The Labute approximate surface area is 116 Å². The third-order valence-corrected chi connectivity index (χ3v) is 2.71. The second-order valence-electron chi connectivity index (χ2n) is 4.80. The SMILES string of the molecule is CC(C)Oc1cncc(C(N)c2cc(F)cc(F)c2)c1. The Kier molecular flexibility index (Phi) is 4.29. The zero-order valence-electron chi connectivity index (χ0n) is 11.3. The first-order valence-electron chi connectivity index (χ1n) is 6.29. The molecule has 106 valence electrons. The molecule has 1 unspecified atom stereocenters. The molecule has 1 heterocycles. The van der Waals surface area contributed by atoms with Gasteiger partial charge in [0.2, 0.25) is 0 Å². The van der Waals surface area contributed by atoms with Gasteiger partial charge in [0.1, 0.15) is 17.4 Å². The van der Waals surface area contributed by atoms with Gasteiger partial charge in [-0.25, -0.2) is 8.78 Å². The maximum atomic E-state index is 13.2. The van der Waals surface area contributed by atoms with E-state index >= 15 is 0 Å². The summed E-state index contributed by atoms with van der Waals surface area (Å²) in [7, 11) is 0. The third kappa shape index (κ3) is 3.51. The van der Waals surface area contributed by atoms with Crippen LogP contribution in [0.2, 0.25) is 0 Å². The number of rotatable bonds is 4. The normalized spacial score (nSPS) is 12.5. The Balaban J connectivity index is 2.30. The molecule has 0 saturated carbocycles. The van der Waals surface area contributed by atoms with Gasteiger partial charge in [-0.1, -0.05) is 0 Å². The molecule has 1 atom stereocenters. The molecule has 1 aromatic carbocycles. The highest BCUT2D eigenvalue weighted by molar-refractivity contribution is 5.34. The van der Waals surface area contributed by atoms with Crippen molar-refractivity contribution in [2.45, 2.75) is 26.0 Å². The molecule has 0 fully saturated rings. The number of hydrogen-bond donors (Lipinski definition) is 1. The van der Waals surface area contributed by atoms with Crippen LogP contribution in [-0.4, -0.2) is 11.1 Å². The molecule has 0 aliphatic heterocycles. The Hall–Kier alpha value is -2.01. The lowest BCUT2D eigenvalue weighted by molar-refractivity contribution is 0.241. The van der Waals surface area contributed by atoms with Crippen molar-refractivity contribution in [3.8, 4) is 5.75 Å². The minimum absolute atomic E-state index is 0.00916. The van der Waals surface area contributed by atoms with E-state index in [0.717, 1.165) is 6.07 Å². The average molecular weight is 278 g/mol. The smallest absolute Gasteiger partial charge is 0.138 e. The van der Waals surface area contributed by atoms with Gasteiger partial charge in [-0.3, -0.25) is 4.98 Å². The summed E-state index contributed by atoms with van der Waals surface area (Å²) in [6.07, 6.45) is 3.14. The fourth-order valence-corrected chi connectivity index (χ4v) is 1.89. The van der Waals surface area contributed by atoms with Crippen molar-refractivity contribution < 1.29 is 13.5 Å². The number of aromatic nitrogens is 1. The quantitative estimate of drug-likeness (QED) is 0.934. The molecule has 1 aromatic heterocycles. The second kappa shape index (κ2) is 5.96. The van der Waals surface area contributed by atoms with Crippen LogP contribution >= 0.6 is 0 Å². The highest BCUT2D eigenvalue weighted by Gasteiger charge is 2.13. The van der Waals surface area contributed by atoms with Crippen molar-refractivity contribution in [3.05, 3.63) is 59.4 Å². The van der Waals surface area contributed by atoms with E-state index in [9.17, 15) is 8.78 Å². The monoisotopic (exact) mass is 278 g/mol. The lowest BCUT2D eigenvalue weighted by Gasteiger charge is -2.15. The first-order chi connectivity index (χ1) is 9.45. The topological polar surface area (TPSA) is 48.1 Å². The van der Waals surface area contributed by atoms with Crippen LogP contribution in [-0.2, 0) is 0 Å². The minimum Gasteiger partial charge on any atom is -0.489 e. The first-order valence-corrected chi connectivity index (χ1v) is 6.29. The van der Waals surface area contributed by atoms with Gasteiger partial charge in [-0.05, 0) is 43.2 Å². The highest BCUT2D eigenvalue weighted by Crippen LogP contribution is 2.24. The average Bonchev–Trinajstić information content (AvgIpc) is 2.36. The molecule has 0 aliphatic rings. The van der Waals surface area contributed by atoms with E-state index in [4.69, 9.17) is 10.5 Å². The molecule has 0 aliphatic carbocycles. The van der Waals surface area contributed by atoms with Gasteiger partial charge >= 0.3 is 0 Å². The molecule has 0 amide bonds. The van der Waals surface area contributed by atoms with Crippen LogP contribution in [0.15, 0.2) is 36.7 Å². The molecule has 0 spiro atoms. The molecule has 2 aromatic rings. The molecule has 5 heteroatoms. The van der Waals surface area contributed by atoms with Gasteiger partial charge in [-0.15, -0.1) is 0 Å². The van der Waals surface area contributed by atoms with E-state index in [1.807, 2.05) is 13.8 Å². The summed E-state index contributed by atoms with van der Waals surface area (Å²) >= 11 is 0. The summed E-state index contributed by atoms with van der Waals surface area (Å²) in [6, 6.07) is 4.30. The van der Waals surface area contributed by atoms with Crippen molar-refractivity contribution in [1.82, 2.24) is 4.98 Å². The van der Waals surface area contributed by atoms with Gasteiger partial charge in [0.15, 0.2) is 0 Å². The fraction of sp³-hybridized carbons (Fsp3) is 0.267. The number of hydrogen-bond acceptors (Lipinski definition) is 3. The maximum absolute atomic E-state index is 13.2. The predicted molar refractivity (Wildman–Crippen MR) is 72.4 cm³/mol. The fourth-order valence-electron chi connectivity index (χ4n) is 1.89. The summed E-state index contributed by atoms with van der Waals surface area (Å²) in [5.41, 5.74) is 7.01. The summed E-state index contributed by atoms with van der Waals surface area (Å²) in [5, 5.41) is 0. The molecule has 0 bridgehead atoms. The van der Waals surface area contributed by atoms with E-state index in [-0.39, 0.29) is 6.10 Å². The molecule has 0 saturated heterocycles. The van der Waals surface area contributed by atoms with E-state index < -0.39 is 17.7 Å². The molecule has 3 nitrogen and oxygen atoms in total. The molecular formula is C15H16F2N2O. The van der Waals surface area contributed by atoms with E-state index in [0.29, 0.717) is 16.9 Å². The summed E-state index contributed by atoms with van der Waals surface area (Å²) in [5.74, 6) is -0.735. The summed E-state index contributed by atoms with van der Waals surface area (Å²) in [4.78, 5) is 4.04.